The molecular formula is C22H18N2OS. The van der Waals surface area contributed by atoms with Gasteiger partial charge in [-0.25, -0.2) is 9.97 Å². The highest BCUT2D eigenvalue weighted by Gasteiger charge is 2.20. The van der Waals surface area contributed by atoms with Gasteiger partial charge in [0.2, 0.25) is 5.88 Å². The van der Waals surface area contributed by atoms with Gasteiger partial charge in [-0.1, -0.05) is 42.5 Å². The van der Waals surface area contributed by atoms with Gasteiger partial charge in [-0.2, -0.15) is 0 Å². The molecule has 2 heterocycles. The molecule has 26 heavy (non-hydrogen) atoms. The first-order valence-corrected chi connectivity index (χ1v) is 9.79. The van der Waals surface area contributed by atoms with E-state index in [1.807, 2.05) is 18.2 Å². The van der Waals surface area contributed by atoms with Gasteiger partial charge in [-0.05, 0) is 54.5 Å². The van der Waals surface area contributed by atoms with Gasteiger partial charge in [-0.15, -0.1) is 11.3 Å². The van der Waals surface area contributed by atoms with Crippen molar-refractivity contribution in [2.45, 2.75) is 25.7 Å². The molecule has 5 rings (SSSR count). The first-order chi connectivity index (χ1) is 12.9. The molecule has 0 saturated heterocycles. The third-order valence-corrected chi connectivity index (χ3v) is 6.09. The Labute approximate surface area is 156 Å². The van der Waals surface area contributed by atoms with Gasteiger partial charge >= 0.3 is 0 Å². The van der Waals surface area contributed by atoms with Gasteiger partial charge < -0.3 is 4.74 Å². The number of hydrogen-bond acceptors (Lipinski definition) is 4. The summed E-state index contributed by atoms with van der Waals surface area (Å²) in [6.07, 6.45) is 6.37. The van der Waals surface area contributed by atoms with Crippen LogP contribution < -0.4 is 4.74 Å². The Kier molecular flexibility index (Phi) is 3.91. The highest BCUT2D eigenvalue weighted by atomic mass is 32.1. The van der Waals surface area contributed by atoms with Crippen LogP contribution >= 0.6 is 11.3 Å². The molecule has 1 aliphatic rings. The summed E-state index contributed by atoms with van der Waals surface area (Å²) in [7, 11) is 0. The third-order valence-electron chi connectivity index (χ3n) is 4.89. The number of ether oxygens (including phenoxy) is 1. The van der Waals surface area contributed by atoms with Crippen LogP contribution in [0.5, 0.6) is 11.6 Å². The number of fused-ring (bicyclic) bond motifs is 3. The third kappa shape index (κ3) is 2.76. The van der Waals surface area contributed by atoms with Crippen LogP contribution in [0.25, 0.3) is 21.3 Å². The molecule has 1 aliphatic carbocycles. The molecule has 0 unspecified atom stereocenters. The van der Waals surface area contributed by atoms with E-state index in [0.717, 1.165) is 28.8 Å². The van der Waals surface area contributed by atoms with Crippen molar-refractivity contribution in [1.82, 2.24) is 9.97 Å². The summed E-state index contributed by atoms with van der Waals surface area (Å²) in [5.74, 6) is 1.49. The number of aryl methyl sites for hydroxylation is 2. The normalized spacial score (nSPS) is 13.5. The lowest BCUT2D eigenvalue weighted by Crippen LogP contribution is -1.99. The van der Waals surface area contributed by atoms with E-state index >= 15 is 0 Å². The number of benzene rings is 2. The van der Waals surface area contributed by atoms with E-state index in [1.54, 1.807) is 17.7 Å². The molecule has 0 fully saturated rings. The van der Waals surface area contributed by atoms with E-state index in [4.69, 9.17) is 4.74 Å². The van der Waals surface area contributed by atoms with Gasteiger partial charge in [0, 0.05) is 4.88 Å². The topological polar surface area (TPSA) is 35.0 Å². The number of aromatic nitrogens is 2. The number of nitrogens with zero attached hydrogens (tertiary/aromatic N) is 2. The van der Waals surface area contributed by atoms with E-state index in [2.05, 4.69) is 46.4 Å². The summed E-state index contributed by atoms with van der Waals surface area (Å²) in [5, 5.41) is 1.11. The van der Waals surface area contributed by atoms with Gasteiger partial charge in [0.15, 0.2) is 0 Å². The van der Waals surface area contributed by atoms with E-state index in [1.165, 1.54) is 34.4 Å². The van der Waals surface area contributed by atoms with Crippen LogP contribution in [0.1, 0.15) is 23.3 Å². The van der Waals surface area contributed by atoms with Crippen molar-refractivity contribution in [2.24, 2.45) is 0 Å². The average molecular weight is 358 g/mol. The van der Waals surface area contributed by atoms with Crippen molar-refractivity contribution in [3.05, 3.63) is 71.4 Å². The molecule has 0 saturated carbocycles. The Morgan fingerprint density at radius 3 is 2.42 bits per heavy atom. The van der Waals surface area contributed by atoms with Gasteiger partial charge in [-0.3, -0.25) is 0 Å². The molecule has 0 radical (unpaired) electrons. The summed E-state index contributed by atoms with van der Waals surface area (Å²) >= 11 is 1.79. The van der Waals surface area contributed by atoms with Crippen LogP contribution in [0.2, 0.25) is 0 Å². The molecule has 4 aromatic rings. The fourth-order valence-corrected chi connectivity index (χ4v) is 4.82. The van der Waals surface area contributed by atoms with Crippen LogP contribution in [0.4, 0.5) is 0 Å². The van der Waals surface area contributed by atoms with Gasteiger partial charge in [0.25, 0.3) is 0 Å². The van der Waals surface area contributed by atoms with E-state index in [0.29, 0.717) is 5.88 Å². The lowest BCUT2D eigenvalue weighted by atomic mass is 9.97. The number of rotatable bonds is 3. The minimum Gasteiger partial charge on any atom is -0.438 e. The Balaban J connectivity index is 1.49. The standard InChI is InChI=1S/C22H18N2OS/c1-2-6-15(7-3-1)16-10-12-17(13-11-16)25-21-20-18-8-4-5-9-19(18)26-22(20)24-14-23-21/h1-3,6-7,10-14H,4-5,8-9H2. The molecule has 2 aromatic heterocycles. The molecule has 0 spiro atoms. The maximum Gasteiger partial charge on any atom is 0.231 e. The predicted octanol–water partition coefficient (Wildman–Crippen LogP) is 6.03. The first kappa shape index (κ1) is 15.5. The van der Waals surface area contributed by atoms with Crippen LogP contribution in [0, 0.1) is 0 Å². The van der Waals surface area contributed by atoms with Crippen LogP contribution in [-0.4, -0.2) is 9.97 Å². The molecule has 0 bridgehead atoms. The minimum absolute atomic E-state index is 0.682. The lowest BCUT2D eigenvalue weighted by molar-refractivity contribution is 0.468. The molecule has 128 valence electrons. The maximum absolute atomic E-state index is 6.16. The van der Waals surface area contributed by atoms with Crippen LogP contribution in [-0.2, 0) is 12.8 Å². The molecule has 0 atom stereocenters. The zero-order valence-corrected chi connectivity index (χ0v) is 15.1. The zero-order valence-electron chi connectivity index (χ0n) is 14.3. The summed E-state index contributed by atoms with van der Waals surface area (Å²) in [6.45, 7) is 0. The maximum atomic E-state index is 6.16. The van der Waals surface area contributed by atoms with Crippen molar-refractivity contribution in [3.63, 3.8) is 0 Å². The Morgan fingerprint density at radius 2 is 1.58 bits per heavy atom. The monoisotopic (exact) mass is 358 g/mol. The summed E-state index contributed by atoms with van der Waals surface area (Å²) < 4.78 is 6.16. The largest absolute Gasteiger partial charge is 0.438 e. The zero-order chi connectivity index (χ0) is 17.3. The van der Waals surface area contributed by atoms with Crippen molar-refractivity contribution in [2.75, 3.05) is 0 Å². The van der Waals surface area contributed by atoms with E-state index in [-0.39, 0.29) is 0 Å². The molecule has 0 amide bonds. The van der Waals surface area contributed by atoms with E-state index < -0.39 is 0 Å². The highest BCUT2D eigenvalue weighted by molar-refractivity contribution is 7.18. The second-order valence-electron chi connectivity index (χ2n) is 6.56. The van der Waals surface area contributed by atoms with Crippen LogP contribution in [0.3, 0.4) is 0 Å². The molecule has 3 nitrogen and oxygen atoms in total. The molecule has 0 N–H and O–H groups in total. The Bertz CT molecular complexity index is 1050. The fourth-order valence-electron chi connectivity index (χ4n) is 3.60. The summed E-state index contributed by atoms with van der Waals surface area (Å²) in [4.78, 5) is 11.4. The quantitative estimate of drug-likeness (QED) is 0.448. The second-order valence-corrected chi connectivity index (χ2v) is 7.65. The predicted molar refractivity (Wildman–Crippen MR) is 106 cm³/mol. The fraction of sp³-hybridized carbons (Fsp3) is 0.182. The van der Waals surface area contributed by atoms with E-state index in [9.17, 15) is 0 Å². The van der Waals surface area contributed by atoms with Gasteiger partial charge in [0.05, 0.1) is 5.39 Å². The summed E-state index contributed by atoms with van der Waals surface area (Å²) in [6, 6.07) is 18.6. The Hall–Kier alpha value is -2.72. The van der Waals surface area contributed by atoms with Crippen molar-refractivity contribution >= 4 is 21.6 Å². The molecule has 2 aromatic carbocycles. The average Bonchev–Trinajstić information content (AvgIpc) is 3.09. The van der Waals surface area contributed by atoms with Crippen molar-refractivity contribution < 1.29 is 4.74 Å². The lowest BCUT2D eigenvalue weighted by Gasteiger charge is -2.12. The van der Waals surface area contributed by atoms with Crippen molar-refractivity contribution in [1.29, 1.82) is 0 Å². The SMILES string of the molecule is c1ccc(-c2ccc(Oc3ncnc4sc5c(c34)CCCC5)cc2)cc1. The molecule has 0 aliphatic heterocycles. The van der Waals surface area contributed by atoms with Gasteiger partial charge in [0.1, 0.15) is 16.9 Å². The number of thiophene rings is 1. The smallest absolute Gasteiger partial charge is 0.231 e. The van der Waals surface area contributed by atoms with Crippen molar-refractivity contribution in [3.8, 4) is 22.8 Å². The first-order valence-electron chi connectivity index (χ1n) is 8.97. The minimum atomic E-state index is 0.682. The summed E-state index contributed by atoms with van der Waals surface area (Å²) in [5.41, 5.74) is 3.78. The second kappa shape index (κ2) is 6.54. The molecule has 4 heteroatoms. The number of hydrogen-bond donors (Lipinski definition) is 0. The van der Waals surface area contributed by atoms with Crippen LogP contribution in [0.15, 0.2) is 60.9 Å². The highest BCUT2D eigenvalue weighted by Crippen LogP contribution is 2.40. The molecular weight excluding hydrogens is 340 g/mol. The Morgan fingerprint density at radius 1 is 0.808 bits per heavy atom.